The number of carbonyl (C=O) groups excluding carboxylic acids is 1. The number of nitrogens with zero attached hydrogens (tertiary/aromatic N) is 4. The average molecular weight is 453 g/mol. The van der Waals surface area contributed by atoms with Gasteiger partial charge in [0.15, 0.2) is 11.0 Å². The molecule has 0 saturated carbocycles. The Kier molecular flexibility index (Phi) is 7.44. The van der Waals surface area contributed by atoms with E-state index in [1.165, 1.54) is 17.3 Å². The third kappa shape index (κ3) is 5.31. The van der Waals surface area contributed by atoms with Gasteiger partial charge in [-0.25, -0.2) is 0 Å². The molecular formula is C24H28N4O3S. The minimum Gasteiger partial charge on any atom is -0.496 e. The number of benzene rings is 2. The van der Waals surface area contributed by atoms with Gasteiger partial charge in [0.05, 0.1) is 31.1 Å². The van der Waals surface area contributed by atoms with Crippen molar-refractivity contribution in [2.45, 2.75) is 31.1 Å². The van der Waals surface area contributed by atoms with Gasteiger partial charge in [-0.15, -0.1) is 10.2 Å². The normalized spacial score (nSPS) is 16.2. The summed E-state index contributed by atoms with van der Waals surface area (Å²) >= 11 is 1.43. The number of amides is 1. The number of thioether (sulfide) groups is 1. The fourth-order valence-corrected chi connectivity index (χ4v) is 4.64. The molecule has 1 fully saturated rings. The highest BCUT2D eigenvalue weighted by molar-refractivity contribution is 7.99. The van der Waals surface area contributed by atoms with Gasteiger partial charge < -0.3 is 18.9 Å². The van der Waals surface area contributed by atoms with Crippen molar-refractivity contribution in [2.24, 2.45) is 0 Å². The van der Waals surface area contributed by atoms with Crippen LogP contribution in [0.4, 0.5) is 0 Å². The van der Waals surface area contributed by atoms with Gasteiger partial charge in [-0.1, -0.05) is 54.2 Å². The van der Waals surface area contributed by atoms with Gasteiger partial charge in [0.1, 0.15) is 5.75 Å². The van der Waals surface area contributed by atoms with E-state index >= 15 is 0 Å². The molecule has 1 aliphatic rings. The van der Waals surface area contributed by atoms with Crippen LogP contribution in [0, 0.1) is 0 Å². The van der Waals surface area contributed by atoms with E-state index in [9.17, 15) is 4.79 Å². The molecule has 1 aliphatic heterocycles. The number of hydrogen-bond acceptors (Lipinski definition) is 6. The van der Waals surface area contributed by atoms with Crippen LogP contribution in [0.15, 0.2) is 59.8 Å². The summed E-state index contributed by atoms with van der Waals surface area (Å²) in [5, 5.41) is 9.65. The highest BCUT2D eigenvalue weighted by Crippen LogP contribution is 2.31. The van der Waals surface area contributed by atoms with E-state index in [-0.39, 0.29) is 12.0 Å². The lowest BCUT2D eigenvalue weighted by Gasteiger charge is -2.31. The Labute approximate surface area is 192 Å². The van der Waals surface area contributed by atoms with Crippen LogP contribution in [0.1, 0.15) is 12.5 Å². The van der Waals surface area contributed by atoms with Gasteiger partial charge in [0, 0.05) is 19.6 Å². The van der Waals surface area contributed by atoms with Crippen molar-refractivity contribution in [3.63, 3.8) is 0 Å². The predicted molar refractivity (Wildman–Crippen MR) is 125 cm³/mol. The smallest absolute Gasteiger partial charge is 0.233 e. The van der Waals surface area contributed by atoms with Crippen molar-refractivity contribution in [1.29, 1.82) is 0 Å². The lowest BCUT2D eigenvalue weighted by Crippen LogP contribution is -2.45. The first kappa shape index (κ1) is 22.4. The van der Waals surface area contributed by atoms with E-state index in [2.05, 4.69) is 26.9 Å². The molecule has 1 atom stereocenters. The van der Waals surface area contributed by atoms with Gasteiger partial charge >= 0.3 is 0 Å². The molecule has 1 saturated heterocycles. The Morgan fingerprint density at radius 3 is 2.72 bits per heavy atom. The van der Waals surface area contributed by atoms with Crippen molar-refractivity contribution in [3.05, 3.63) is 60.2 Å². The Hall–Kier alpha value is -2.84. The Morgan fingerprint density at radius 2 is 1.94 bits per heavy atom. The molecule has 0 aliphatic carbocycles. The summed E-state index contributed by atoms with van der Waals surface area (Å²) in [6.45, 7) is 4.55. The maximum absolute atomic E-state index is 12.8. The number of methoxy groups -OCH3 is 1. The molecule has 7 nitrogen and oxygen atoms in total. The molecule has 168 valence electrons. The molecule has 1 amide bonds. The summed E-state index contributed by atoms with van der Waals surface area (Å²) in [7, 11) is 1.65. The van der Waals surface area contributed by atoms with Crippen LogP contribution < -0.4 is 4.74 Å². The maximum atomic E-state index is 12.8. The Balaban J connectivity index is 1.55. The zero-order chi connectivity index (χ0) is 22.3. The second-order valence-corrected chi connectivity index (χ2v) is 8.65. The van der Waals surface area contributed by atoms with Gasteiger partial charge in [-0.3, -0.25) is 4.79 Å². The van der Waals surface area contributed by atoms with Crippen LogP contribution in [0.2, 0.25) is 0 Å². The first-order chi connectivity index (χ1) is 15.7. The van der Waals surface area contributed by atoms with E-state index in [4.69, 9.17) is 9.47 Å². The Morgan fingerprint density at radius 1 is 1.16 bits per heavy atom. The van der Waals surface area contributed by atoms with Crippen LogP contribution in [-0.4, -0.2) is 64.2 Å². The van der Waals surface area contributed by atoms with Gasteiger partial charge in [0.2, 0.25) is 5.91 Å². The third-order valence-corrected chi connectivity index (χ3v) is 6.40. The van der Waals surface area contributed by atoms with Crippen molar-refractivity contribution >= 4 is 17.7 Å². The van der Waals surface area contributed by atoms with Crippen LogP contribution in [0.5, 0.6) is 5.75 Å². The zero-order valence-corrected chi connectivity index (χ0v) is 19.3. The molecule has 2 heterocycles. The molecule has 32 heavy (non-hydrogen) atoms. The van der Waals surface area contributed by atoms with Crippen LogP contribution >= 0.6 is 11.8 Å². The van der Waals surface area contributed by atoms with E-state index in [0.717, 1.165) is 28.7 Å². The minimum absolute atomic E-state index is 0.0735. The molecule has 8 heteroatoms. The number of morpholine rings is 1. The van der Waals surface area contributed by atoms with Gasteiger partial charge in [-0.05, 0) is 31.0 Å². The first-order valence-corrected chi connectivity index (χ1v) is 11.8. The summed E-state index contributed by atoms with van der Waals surface area (Å²) in [5.74, 6) is 1.91. The fraction of sp³-hybridized carbons (Fsp3) is 0.375. The number of aryl methyl sites for hydroxylation is 1. The summed E-state index contributed by atoms with van der Waals surface area (Å²) in [6.07, 6.45) is 0.910. The Bertz CT molecular complexity index is 1040. The number of rotatable bonds is 8. The van der Waals surface area contributed by atoms with E-state index in [1.807, 2.05) is 54.3 Å². The molecule has 3 aromatic rings. The molecule has 1 aromatic heterocycles. The quantitative estimate of drug-likeness (QED) is 0.487. The van der Waals surface area contributed by atoms with Crippen molar-refractivity contribution in [2.75, 3.05) is 32.6 Å². The third-order valence-electron chi connectivity index (χ3n) is 5.45. The molecule has 2 aromatic carbocycles. The molecule has 1 unspecified atom stereocenters. The first-order valence-electron chi connectivity index (χ1n) is 10.8. The van der Waals surface area contributed by atoms with Crippen molar-refractivity contribution < 1.29 is 14.3 Å². The van der Waals surface area contributed by atoms with Crippen molar-refractivity contribution in [3.8, 4) is 17.1 Å². The van der Waals surface area contributed by atoms with E-state index in [1.54, 1.807) is 7.11 Å². The van der Waals surface area contributed by atoms with Crippen LogP contribution in [0.25, 0.3) is 11.4 Å². The number of para-hydroxylation sites is 1. The van der Waals surface area contributed by atoms with Crippen LogP contribution in [0.3, 0.4) is 0 Å². The monoisotopic (exact) mass is 452 g/mol. The summed E-state index contributed by atoms with van der Waals surface area (Å²) in [6, 6.07) is 18.1. The standard InChI is InChI=1S/C24H28N4O3S/c1-18-16-27(14-15-31-18)22(29)17-32-24-26-25-23(20-10-6-7-11-21(20)30-2)28(24)13-12-19-8-4-3-5-9-19/h3-11,18H,12-17H2,1-2H3. The highest BCUT2D eigenvalue weighted by atomic mass is 32.2. The second-order valence-electron chi connectivity index (χ2n) is 7.70. The lowest BCUT2D eigenvalue weighted by atomic mass is 10.1. The fourth-order valence-electron chi connectivity index (χ4n) is 3.77. The zero-order valence-electron chi connectivity index (χ0n) is 18.4. The van der Waals surface area contributed by atoms with E-state index in [0.29, 0.717) is 32.0 Å². The molecule has 4 rings (SSSR count). The summed E-state index contributed by atoms with van der Waals surface area (Å²) < 4.78 is 13.2. The lowest BCUT2D eigenvalue weighted by molar-refractivity contribution is -0.135. The SMILES string of the molecule is COc1ccccc1-c1nnc(SCC(=O)N2CCOC(C)C2)n1CCc1ccccc1. The minimum atomic E-state index is 0.0735. The van der Waals surface area contributed by atoms with E-state index < -0.39 is 0 Å². The predicted octanol–water partition coefficient (Wildman–Crippen LogP) is 3.54. The average Bonchev–Trinajstić information content (AvgIpc) is 3.24. The molecular weight excluding hydrogens is 424 g/mol. The number of ether oxygens (including phenoxy) is 2. The molecule has 0 N–H and O–H groups in total. The second kappa shape index (κ2) is 10.7. The number of carbonyl (C=O) groups is 1. The van der Waals surface area contributed by atoms with Gasteiger partial charge in [-0.2, -0.15) is 0 Å². The highest BCUT2D eigenvalue weighted by Gasteiger charge is 2.23. The maximum Gasteiger partial charge on any atom is 0.233 e. The number of aromatic nitrogens is 3. The van der Waals surface area contributed by atoms with Crippen molar-refractivity contribution in [1.82, 2.24) is 19.7 Å². The summed E-state index contributed by atoms with van der Waals surface area (Å²) in [5.41, 5.74) is 2.12. The molecule has 0 radical (unpaired) electrons. The van der Waals surface area contributed by atoms with Crippen LogP contribution in [-0.2, 0) is 22.5 Å². The van der Waals surface area contributed by atoms with Gasteiger partial charge in [0.25, 0.3) is 0 Å². The topological polar surface area (TPSA) is 69.5 Å². The molecule has 0 spiro atoms. The molecule has 0 bridgehead atoms. The largest absolute Gasteiger partial charge is 0.496 e. The number of hydrogen-bond donors (Lipinski definition) is 0. The summed E-state index contributed by atoms with van der Waals surface area (Å²) in [4.78, 5) is 14.6.